The monoisotopic (exact) mass is 365 g/mol. The molecule has 1 aliphatic rings. The number of hydrogen-bond acceptors (Lipinski definition) is 11. The molecule has 1 fully saturated rings. The zero-order valence-corrected chi connectivity index (χ0v) is 13.9. The van der Waals surface area contributed by atoms with Crippen molar-refractivity contribution in [1.82, 2.24) is 0 Å². The molecule has 25 heavy (non-hydrogen) atoms. The van der Waals surface area contributed by atoms with Gasteiger partial charge in [-0.05, 0) is 6.92 Å². The fourth-order valence-electron chi connectivity index (χ4n) is 1.90. The first-order chi connectivity index (χ1) is 11.5. The van der Waals surface area contributed by atoms with Gasteiger partial charge >= 0.3 is 0 Å². The lowest BCUT2D eigenvalue weighted by Gasteiger charge is -2.38. The Hall–Kier alpha value is -1.79. The number of ether oxygens (including phenoxy) is 3. The molecule has 0 aromatic rings. The van der Waals surface area contributed by atoms with Gasteiger partial charge in [-0.2, -0.15) is 0 Å². The van der Waals surface area contributed by atoms with Gasteiger partial charge in [-0.15, -0.1) is 0 Å². The van der Waals surface area contributed by atoms with Crippen molar-refractivity contribution in [1.29, 1.82) is 0 Å². The zero-order valence-electron chi connectivity index (χ0n) is 13.9. The Kier molecular flexibility index (Phi) is 10.2. The zero-order chi connectivity index (χ0) is 19.7. The largest absolute Gasteiger partial charge is 0.548 e. The third kappa shape index (κ3) is 7.75. The van der Waals surface area contributed by atoms with Gasteiger partial charge in [0.25, 0.3) is 0 Å². The van der Waals surface area contributed by atoms with Crippen LogP contribution in [0.4, 0.5) is 0 Å². The molecule has 1 saturated heterocycles. The van der Waals surface area contributed by atoms with E-state index >= 15 is 0 Å². The summed E-state index contributed by atoms with van der Waals surface area (Å²) in [7, 11) is 1.34. The van der Waals surface area contributed by atoms with E-state index in [2.05, 4.69) is 4.74 Å². The average molecular weight is 365 g/mol. The first-order valence-electron chi connectivity index (χ1n) is 7.26. The number of carboxylic acids is 3. The van der Waals surface area contributed by atoms with E-state index in [4.69, 9.17) is 14.6 Å². The standard InChI is InChI=1S/C8H14O5.C6H10O6/c1-4-3-13-7(8(10)11)6(12-2)5(4)9;1-3(5(9)6(10)11)12-2-4(7)8/h4-7,9H,3H2,1-2H3,(H,10,11);3,5,9H,2H2,1H3,(H,7,8)(H,10,11)/p-3/t4?,5-,6+,7?;/m1./s1. The smallest absolute Gasteiger partial charge is 0.125 e. The van der Waals surface area contributed by atoms with Crippen molar-refractivity contribution < 1.29 is 54.1 Å². The highest BCUT2D eigenvalue weighted by Crippen LogP contribution is 2.21. The summed E-state index contributed by atoms with van der Waals surface area (Å²) in [6, 6.07) is 0. The predicted octanol–water partition coefficient (Wildman–Crippen LogP) is -5.60. The molecule has 2 N–H and O–H groups in total. The van der Waals surface area contributed by atoms with Gasteiger partial charge in [0.2, 0.25) is 0 Å². The van der Waals surface area contributed by atoms with E-state index in [9.17, 15) is 34.8 Å². The molecule has 0 spiro atoms. The third-order valence-electron chi connectivity index (χ3n) is 3.41. The summed E-state index contributed by atoms with van der Waals surface area (Å²) in [6.45, 7) is 2.43. The van der Waals surface area contributed by atoms with Crippen LogP contribution in [0.1, 0.15) is 13.8 Å². The van der Waals surface area contributed by atoms with Gasteiger partial charge in [-0.25, -0.2) is 0 Å². The molecule has 1 rings (SSSR count). The van der Waals surface area contributed by atoms with Gasteiger partial charge in [0.15, 0.2) is 0 Å². The van der Waals surface area contributed by atoms with Crippen LogP contribution in [0.2, 0.25) is 0 Å². The minimum absolute atomic E-state index is 0.124. The molecule has 11 heteroatoms. The van der Waals surface area contributed by atoms with Crippen LogP contribution < -0.4 is 15.3 Å². The van der Waals surface area contributed by atoms with Gasteiger partial charge < -0.3 is 54.1 Å². The van der Waals surface area contributed by atoms with E-state index in [0.717, 1.165) is 0 Å². The molecule has 4 unspecified atom stereocenters. The Morgan fingerprint density at radius 2 is 1.84 bits per heavy atom. The Balaban J connectivity index is 0.000000463. The summed E-state index contributed by atoms with van der Waals surface area (Å²) < 4.78 is 14.2. The summed E-state index contributed by atoms with van der Waals surface area (Å²) in [5.41, 5.74) is 0. The molecule has 1 heterocycles. The number of methoxy groups -OCH3 is 1. The molecule has 11 nitrogen and oxygen atoms in total. The van der Waals surface area contributed by atoms with E-state index in [1.54, 1.807) is 6.92 Å². The molecular formula is C14H21O11-3. The Labute approximate surface area is 143 Å². The van der Waals surface area contributed by atoms with Crippen molar-refractivity contribution >= 4 is 17.9 Å². The Morgan fingerprint density at radius 3 is 2.24 bits per heavy atom. The van der Waals surface area contributed by atoms with E-state index < -0.39 is 55.0 Å². The number of aliphatic carboxylic acids is 3. The normalized spacial score (nSPS) is 28.2. The van der Waals surface area contributed by atoms with Crippen molar-refractivity contribution in [2.75, 3.05) is 20.3 Å². The maximum absolute atomic E-state index is 10.5. The Morgan fingerprint density at radius 1 is 1.28 bits per heavy atom. The SMILES string of the molecule is CC(OCC(=O)[O-])C(O)C(=O)[O-].CO[C@@H]1C(C(=O)[O-])OCC(C)[C@H]1O. The molecule has 0 aliphatic carbocycles. The maximum Gasteiger partial charge on any atom is 0.125 e. The molecule has 6 atom stereocenters. The second kappa shape index (κ2) is 10.9. The molecule has 1 aliphatic heterocycles. The first-order valence-corrected chi connectivity index (χ1v) is 7.26. The van der Waals surface area contributed by atoms with E-state index in [-0.39, 0.29) is 12.5 Å². The molecule has 0 radical (unpaired) electrons. The van der Waals surface area contributed by atoms with Crippen molar-refractivity contribution in [3.63, 3.8) is 0 Å². The number of carbonyl (C=O) groups is 3. The fourth-order valence-corrected chi connectivity index (χ4v) is 1.90. The predicted molar refractivity (Wildman–Crippen MR) is 72.1 cm³/mol. The van der Waals surface area contributed by atoms with Gasteiger partial charge in [-0.3, -0.25) is 0 Å². The number of carbonyl (C=O) groups excluding carboxylic acids is 3. The highest BCUT2D eigenvalue weighted by Gasteiger charge is 2.38. The van der Waals surface area contributed by atoms with Gasteiger partial charge in [0.1, 0.15) is 18.3 Å². The van der Waals surface area contributed by atoms with Crippen molar-refractivity contribution in [2.24, 2.45) is 5.92 Å². The quantitative estimate of drug-likeness (QED) is 0.437. The number of rotatable bonds is 7. The molecule has 146 valence electrons. The number of aliphatic hydroxyl groups excluding tert-OH is 2. The van der Waals surface area contributed by atoms with Crippen molar-refractivity contribution in [3.8, 4) is 0 Å². The lowest BCUT2D eigenvalue weighted by Crippen LogP contribution is -2.56. The van der Waals surface area contributed by atoms with E-state index in [1.807, 2.05) is 0 Å². The van der Waals surface area contributed by atoms with Gasteiger partial charge in [0.05, 0.1) is 43.3 Å². The molecule has 0 aromatic carbocycles. The molecule has 0 amide bonds. The van der Waals surface area contributed by atoms with Crippen LogP contribution in [0, 0.1) is 5.92 Å². The second-order valence-corrected chi connectivity index (χ2v) is 5.39. The summed E-state index contributed by atoms with van der Waals surface area (Å²) in [6.07, 6.45) is -5.79. The lowest BCUT2D eigenvalue weighted by molar-refractivity contribution is -0.327. The summed E-state index contributed by atoms with van der Waals surface area (Å²) in [4.78, 5) is 30.3. The van der Waals surface area contributed by atoms with E-state index in [1.165, 1.54) is 14.0 Å². The van der Waals surface area contributed by atoms with Gasteiger partial charge in [0, 0.05) is 13.0 Å². The average Bonchev–Trinajstić information content (AvgIpc) is 2.54. The van der Waals surface area contributed by atoms with Crippen LogP contribution in [0.25, 0.3) is 0 Å². The number of carboxylic acid groups (broad SMARTS) is 3. The topological polar surface area (TPSA) is 189 Å². The van der Waals surface area contributed by atoms with Crippen LogP contribution >= 0.6 is 0 Å². The number of aliphatic hydroxyl groups is 2. The van der Waals surface area contributed by atoms with Crippen LogP contribution in [-0.4, -0.2) is 79.0 Å². The van der Waals surface area contributed by atoms with Crippen molar-refractivity contribution in [3.05, 3.63) is 0 Å². The van der Waals surface area contributed by atoms with Gasteiger partial charge in [-0.1, -0.05) is 6.92 Å². The maximum atomic E-state index is 10.5. The van der Waals surface area contributed by atoms with Crippen molar-refractivity contribution in [2.45, 2.75) is 44.4 Å². The fraction of sp³-hybridized carbons (Fsp3) is 0.786. The highest BCUT2D eigenvalue weighted by atomic mass is 16.6. The number of hydrogen-bond donors (Lipinski definition) is 2. The van der Waals surface area contributed by atoms with E-state index in [0.29, 0.717) is 0 Å². The first kappa shape index (κ1) is 23.2. The Bertz CT molecular complexity index is 452. The van der Waals surface area contributed by atoms with Crippen LogP contribution in [-0.2, 0) is 28.6 Å². The van der Waals surface area contributed by atoms with Crippen LogP contribution in [0.3, 0.4) is 0 Å². The lowest BCUT2D eigenvalue weighted by atomic mass is 9.94. The second-order valence-electron chi connectivity index (χ2n) is 5.39. The summed E-state index contributed by atoms with van der Waals surface area (Å²) in [5, 5.41) is 48.6. The minimum atomic E-state index is -1.83. The third-order valence-corrected chi connectivity index (χ3v) is 3.41. The highest BCUT2D eigenvalue weighted by molar-refractivity contribution is 5.71. The minimum Gasteiger partial charge on any atom is -0.548 e. The molecule has 0 saturated carbocycles. The molecule has 0 aromatic heterocycles. The van der Waals surface area contributed by atoms with Crippen LogP contribution in [0.5, 0.6) is 0 Å². The summed E-state index contributed by atoms with van der Waals surface area (Å²) in [5.74, 6) is -4.66. The molecular weight excluding hydrogens is 344 g/mol. The van der Waals surface area contributed by atoms with Crippen LogP contribution in [0.15, 0.2) is 0 Å². The molecule has 0 bridgehead atoms. The summed E-state index contributed by atoms with van der Waals surface area (Å²) >= 11 is 0.